The zero-order chi connectivity index (χ0) is 14.1. The van der Waals surface area contributed by atoms with Crippen LogP contribution >= 0.6 is 11.3 Å². The van der Waals surface area contributed by atoms with Crippen molar-refractivity contribution in [2.45, 2.75) is 13.2 Å². The Kier molecular flexibility index (Phi) is 3.90. The molecule has 9 heteroatoms. The number of likely N-dealkylation sites (N-methyl/N-ethyl adjacent to an activating group) is 1. The van der Waals surface area contributed by atoms with Crippen molar-refractivity contribution in [1.29, 1.82) is 0 Å². The highest BCUT2D eigenvalue weighted by molar-refractivity contribution is 7.85. The van der Waals surface area contributed by atoms with Gasteiger partial charge in [0.25, 0.3) is 10.1 Å². The second-order valence-corrected chi connectivity index (χ2v) is 7.30. The zero-order valence-corrected chi connectivity index (χ0v) is 12.4. The molecule has 1 N–H and O–H groups in total. The summed E-state index contributed by atoms with van der Waals surface area (Å²) in [5.74, 6) is 0. The molecule has 19 heavy (non-hydrogen) atoms. The first kappa shape index (κ1) is 14.4. The number of carbonyl (C=O) groups is 1. The molecule has 0 bridgehead atoms. The van der Waals surface area contributed by atoms with Gasteiger partial charge in [-0.05, 0) is 0 Å². The Hall–Kier alpha value is -1.03. The van der Waals surface area contributed by atoms with Gasteiger partial charge in [-0.3, -0.25) is 9.50 Å². The molecule has 106 valence electrons. The van der Waals surface area contributed by atoms with E-state index in [9.17, 15) is 13.2 Å². The van der Waals surface area contributed by atoms with E-state index < -0.39 is 10.1 Å². The number of hydrogen-bond acceptors (Lipinski definition) is 6. The molecule has 0 aromatic carbocycles. The SMILES string of the molecule is C[N+]1(Cc2csc(COS(C)(=O)=O)n2)CCNC1=O. The van der Waals surface area contributed by atoms with Gasteiger partial charge in [0, 0.05) is 5.38 Å². The number of nitrogens with one attached hydrogen (secondary N) is 1. The normalized spacial score (nSPS) is 23.6. The average Bonchev–Trinajstić information content (AvgIpc) is 2.84. The number of carbonyl (C=O) groups excluding carboxylic acids is 1. The minimum absolute atomic E-state index is 0.0121. The number of rotatable bonds is 5. The standard InChI is InChI=1S/C10H15N3O4S2/c1-13(4-3-11-10(13)14)5-8-7-18-9(12-8)6-17-19(2,15)16/h7H,3-6H2,1-2H3/p+1. The molecular formula is C10H16N3O4S2+. The lowest BCUT2D eigenvalue weighted by Crippen LogP contribution is -2.45. The molecule has 2 rings (SSSR count). The van der Waals surface area contributed by atoms with Crippen molar-refractivity contribution in [3.63, 3.8) is 0 Å². The lowest BCUT2D eigenvalue weighted by Gasteiger charge is -2.23. The predicted octanol–water partition coefficient (Wildman–Crippen LogP) is 0.289. The number of hydrogen-bond donors (Lipinski definition) is 1. The summed E-state index contributed by atoms with van der Waals surface area (Å²) in [6.45, 7) is 1.84. The monoisotopic (exact) mass is 306 g/mol. The van der Waals surface area contributed by atoms with Crippen molar-refractivity contribution in [2.75, 3.05) is 26.4 Å². The molecule has 0 saturated carbocycles. The highest BCUT2D eigenvalue weighted by Crippen LogP contribution is 2.18. The van der Waals surface area contributed by atoms with Crippen LogP contribution < -0.4 is 5.32 Å². The molecule has 1 aromatic heterocycles. The molecule has 2 heterocycles. The second kappa shape index (κ2) is 5.16. The minimum atomic E-state index is -3.46. The van der Waals surface area contributed by atoms with Gasteiger partial charge in [-0.15, -0.1) is 11.3 Å². The van der Waals surface area contributed by atoms with E-state index in [0.29, 0.717) is 18.1 Å². The third kappa shape index (κ3) is 3.72. The second-order valence-electron chi connectivity index (χ2n) is 4.71. The fraction of sp³-hybridized carbons (Fsp3) is 0.600. The fourth-order valence-electron chi connectivity index (χ4n) is 1.86. The summed E-state index contributed by atoms with van der Waals surface area (Å²) in [5.41, 5.74) is 0.775. The molecule has 1 saturated heterocycles. The molecule has 1 unspecified atom stereocenters. The topological polar surface area (TPSA) is 85.4 Å². The molecule has 1 aliphatic heterocycles. The van der Waals surface area contributed by atoms with E-state index in [2.05, 4.69) is 14.5 Å². The van der Waals surface area contributed by atoms with Crippen LogP contribution in [0.25, 0.3) is 0 Å². The average molecular weight is 306 g/mol. The van der Waals surface area contributed by atoms with Crippen LogP contribution in [0.4, 0.5) is 4.79 Å². The van der Waals surface area contributed by atoms with E-state index in [1.54, 1.807) is 0 Å². The van der Waals surface area contributed by atoms with Gasteiger partial charge < -0.3 is 0 Å². The number of quaternary nitrogens is 1. The Bertz CT molecular complexity index is 583. The van der Waals surface area contributed by atoms with Gasteiger partial charge in [0.05, 0.1) is 19.8 Å². The number of urea groups is 1. The molecule has 1 atom stereocenters. The van der Waals surface area contributed by atoms with Crippen molar-refractivity contribution in [3.05, 3.63) is 16.1 Å². The smallest absolute Gasteiger partial charge is 0.300 e. The molecule has 1 fully saturated rings. The fourth-order valence-corrected chi connectivity index (χ4v) is 2.95. The Labute approximate surface area is 115 Å². The quantitative estimate of drug-likeness (QED) is 0.624. The summed E-state index contributed by atoms with van der Waals surface area (Å²) in [4.78, 5) is 16.0. The first-order valence-electron chi connectivity index (χ1n) is 5.69. The van der Waals surface area contributed by atoms with Crippen LogP contribution in [0.3, 0.4) is 0 Å². The summed E-state index contributed by atoms with van der Waals surface area (Å²) in [6, 6.07) is -0.0121. The number of aromatic nitrogens is 1. The first-order valence-corrected chi connectivity index (χ1v) is 8.39. The molecule has 0 radical (unpaired) electrons. The molecular weight excluding hydrogens is 290 g/mol. The van der Waals surface area contributed by atoms with Crippen molar-refractivity contribution in [2.24, 2.45) is 0 Å². The third-order valence-corrected chi connectivity index (χ3v) is 4.30. The summed E-state index contributed by atoms with van der Waals surface area (Å²) in [6.07, 6.45) is 1.00. The maximum Gasteiger partial charge on any atom is 0.416 e. The number of nitrogens with zero attached hydrogens (tertiary/aromatic N) is 2. The van der Waals surface area contributed by atoms with Crippen LogP contribution in [-0.2, 0) is 27.5 Å². The molecule has 0 aliphatic carbocycles. The summed E-state index contributed by atoms with van der Waals surface area (Å²) in [5, 5.41) is 5.21. The van der Waals surface area contributed by atoms with Crippen molar-refractivity contribution in [3.8, 4) is 0 Å². The maximum atomic E-state index is 11.7. The van der Waals surface area contributed by atoms with Crippen molar-refractivity contribution >= 4 is 27.5 Å². The Morgan fingerprint density at radius 1 is 1.58 bits per heavy atom. The van der Waals surface area contributed by atoms with Crippen LogP contribution in [0.2, 0.25) is 0 Å². The largest absolute Gasteiger partial charge is 0.416 e. The van der Waals surface area contributed by atoms with Crippen LogP contribution in [0, 0.1) is 0 Å². The predicted molar refractivity (Wildman–Crippen MR) is 69.9 cm³/mol. The molecule has 2 amide bonds. The lowest BCUT2D eigenvalue weighted by molar-refractivity contribution is -0.834. The van der Waals surface area contributed by atoms with Gasteiger partial charge in [-0.25, -0.2) is 14.3 Å². The molecule has 7 nitrogen and oxygen atoms in total. The zero-order valence-electron chi connectivity index (χ0n) is 10.7. The lowest BCUT2D eigenvalue weighted by atomic mass is 10.4. The minimum Gasteiger partial charge on any atom is -0.300 e. The highest BCUT2D eigenvalue weighted by atomic mass is 32.2. The van der Waals surface area contributed by atoms with Gasteiger partial charge in [-0.1, -0.05) is 0 Å². The Morgan fingerprint density at radius 2 is 2.32 bits per heavy atom. The summed E-state index contributed by atoms with van der Waals surface area (Å²) >= 11 is 1.33. The van der Waals surface area contributed by atoms with E-state index in [-0.39, 0.29) is 17.1 Å². The van der Waals surface area contributed by atoms with Crippen molar-refractivity contribution in [1.82, 2.24) is 10.3 Å². The van der Waals surface area contributed by atoms with E-state index in [0.717, 1.165) is 18.5 Å². The highest BCUT2D eigenvalue weighted by Gasteiger charge is 2.37. The Morgan fingerprint density at radius 3 is 2.89 bits per heavy atom. The van der Waals surface area contributed by atoms with Gasteiger partial charge >= 0.3 is 6.03 Å². The van der Waals surface area contributed by atoms with Crippen molar-refractivity contribution < 1.29 is 21.9 Å². The van der Waals surface area contributed by atoms with Crippen LogP contribution in [0.5, 0.6) is 0 Å². The van der Waals surface area contributed by atoms with Crippen LogP contribution in [0.1, 0.15) is 10.7 Å². The number of amides is 2. The third-order valence-electron chi connectivity index (χ3n) is 2.88. The maximum absolute atomic E-state index is 11.7. The van der Waals surface area contributed by atoms with E-state index in [1.165, 1.54) is 11.3 Å². The molecule has 1 aromatic rings. The molecule has 0 spiro atoms. The first-order chi connectivity index (χ1) is 8.78. The summed E-state index contributed by atoms with van der Waals surface area (Å²) < 4.78 is 26.7. The van der Waals surface area contributed by atoms with Crippen LogP contribution in [0.15, 0.2) is 5.38 Å². The van der Waals surface area contributed by atoms with E-state index >= 15 is 0 Å². The van der Waals surface area contributed by atoms with Gasteiger partial charge in [-0.2, -0.15) is 8.42 Å². The van der Waals surface area contributed by atoms with Crippen LogP contribution in [-0.4, -0.2) is 50.3 Å². The van der Waals surface area contributed by atoms with Gasteiger partial charge in [0.1, 0.15) is 30.4 Å². The van der Waals surface area contributed by atoms with E-state index in [1.807, 2.05) is 12.4 Å². The Balaban J connectivity index is 2.00. The van der Waals surface area contributed by atoms with Gasteiger partial charge in [0.2, 0.25) is 0 Å². The summed E-state index contributed by atoms with van der Waals surface area (Å²) in [7, 11) is -1.60. The van der Waals surface area contributed by atoms with E-state index in [4.69, 9.17) is 0 Å². The number of thiazole rings is 1. The van der Waals surface area contributed by atoms with Gasteiger partial charge in [0.15, 0.2) is 0 Å². The molecule has 1 aliphatic rings.